The Balaban J connectivity index is 2.75. The zero-order chi connectivity index (χ0) is 10.1. The average molecular weight is 204 g/mol. The Morgan fingerprint density at radius 3 is 2.86 bits per heavy atom. The van der Waals surface area contributed by atoms with Crippen LogP contribution < -0.4 is 0 Å². The zero-order valence-corrected chi connectivity index (χ0v) is 9.15. The summed E-state index contributed by atoms with van der Waals surface area (Å²) >= 11 is 1.65. The lowest BCUT2D eigenvalue weighted by Gasteiger charge is -2.02. The Bertz CT molecular complexity index is 482. The molecule has 0 unspecified atom stereocenters. The zero-order valence-electron chi connectivity index (χ0n) is 8.33. The van der Waals surface area contributed by atoms with Gasteiger partial charge >= 0.3 is 0 Å². The summed E-state index contributed by atoms with van der Waals surface area (Å²) in [7, 11) is 0. The van der Waals surface area contributed by atoms with E-state index in [1.165, 1.54) is 15.8 Å². The van der Waals surface area contributed by atoms with E-state index < -0.39 is 0 Å². The second-order valence-corrected chi connectivity index (χ2v) is 4.35. The predicted molar refractivity (Wildman–Crippen MR) is 61.3 cm³/mol. The molecule has 0 saturated carbocycles. The number of carbonyl (C=O) groups is 1. The van der Waals surface area contributed by atoms with Gasteiger partial charge in [-0.05, 0) is 36.6 Å². The second kappa shape index (κ2) is 3.54. The van der Waals surface area contributed by atoms with E-state index >= 15 is 0 Å². The Morgan fingerprint density at radius 1 is 1.43 bits per heavy atom. The predicted octanol–water partition coefficient (Wildman–Crippen LogP) is 3.58. The summed E-state index contributed by atoms with van der Waals surface area (Å²) in [5, 5.41) is 3.02. The highest BCUT2D eigenvalue weighted by Crippen LogP contribution is 2.28. The molecule has 1 aromatic carbocycles. The monoisotopic (exact) mass is 204 g/mol. The molecule has 2 rings (SSSR count). The summed E-state index contributed by atoms with van der Waals surface area (Å²) in [5.74, 6) is 0. The van der Waals surface area contributed by atoms with Gasteiger partial charge in [0.1, 0.15) is 0 Å². The minimum absolute atomic E-state index is 0.816. The molecule has 0 atom stereocenters. The number of benzene rings is 1. The quantitative estimate of drug-likeness (QED) is 0.683. The van der Waals surface area contributed by atoms with Gasteiger partial charge in [0.2, 0.25) is 0 Å². The summed E-state index contributed by atoms with van der Waals surface area (Å²) in [4.78, 5) is 10.8. The summed E-state index contributed by atoms with van der Waals surface area (Å²) in [5.41, 5.74) is 3.47. The number of hydrogen-bond acceptors (Lipinski definition) is 2. The maximum atomic E-state index is 10.8. The topological polar surface area (TPSA) is 17.1 Å². The Labute approximate surface area is 87.4 Å². The maximum Gasteiger partial charge on any atom is 0.151 e. The van der Waals surface area contributed by atoms with Gasteiger partial charge in [-0.15, -0.1) is 11.3 Å². The van der Waals surface area contributed by atoms with Crippen LogP contribution in [0.3, 0.4) is 0 Å². The van der Waals surface area contributed by atoms with Crippen LogP contribution in [0.25, 0.3) is 10.1 Å². The fourth-order valence-electron chi connectivity index (χ4n) is 1.72. The van der Waals surface area contributed by atoms with Crippen molar-refractivity contribution < 1.29 is 4.79 Å². The number of aldehydes is 1. The SMILES string of the molecule is CCc1cc2scc(C=O)c2cc1C. The lowest BCUT2D eigenvalue weighted by Crippen LogP contribution is -1.86. The molecule has 0 bridgehead atoms. The molecule has 1 nitrogen and oxygen atoms in total. The van der Waals surface area contributed by atoms with Crippen LogP contribution in [-0.2, 0) is 6.42 Å². The van der Waals surface area contributed by atoms with Gasteiger partial charge in [0.15, 0.2) is 6.29 Å². The molecule has 0 aliphatic carbocycles. The first-order chi connectivity index (χ1) is 6.76. The van der Waals surface area contributed by atoms with Gasteiger partial charge in [-0.2, -0.15) is 0 Å². The van der Waals surface area contributed by atoms with Gasteiger partial charge in [-0.25, -0.2) is 0 Å². The molecule has 0 radical (unpaired) electrons. The van der Waals surface area contributed by atoms with Gasteiger partial charge in [-0.1, -0.05) is 6.92 Å². The van der Waals surface area contributed by atoms with Crippen LogP contribution in [0.15, 0.2) is 17.5 Å². The molecule has 1 heterocycles. The van der Waals surface area contributed by atoms with Gasteiger partial charge in [0.25, 0.3) is 0 Å². The third-order valence-corrected chi connectivity index (χ3v) is 3.53. The fourth-order valence-corrected chi connectivity index (χ4v) is 2.67. The van der Waals surface area contributed by atoms with E-state index in [1.54, 1.807) is 11.3 Å². The van der Waals surface area contributed by atoms with Crippen molar-refractivity contribution in [2.24, 2.45) is 0 Å². The van der Waals surface area contributed by atoms with Gasteiger partial charge < -0.3 is 0 Å². The molecule has 0 N–H and O–H groups in total. The standard InChI is InChI=1S/C12H12OS/c1-3-9-5-12-11(4-8(9)2)10(6-13)7-14-12/h4-7H,3H2,1-2H3. The lowest BCUT2D eigenvalue weighted by molar-refractivity contribution is 0.112. The highest BCUT2D eigenvalue weighted by atomic mass is 32.1. The Morgan fingerprint density at radius 2 is 2.21 bits per heavy atom. The van der Waals surface area contributed by atoms with E-state index in [0.29, 0.717) is 0 Å². The van der Waals surface area contributed by atoms with Crippen molar-refractivity contribution in [1.29, 1.82) is 0 Å². The number of hydrogen-bond donors (Lipinski definition) is 0. The van der Waals surface area contributed by atoms with Crippen molar-refractivity contribution in [2.75, 3.05) is 0 Å². The molecule has 0 aliphatic rings. The smallest absolute Gasteiger partial charge is 0.151 e. The normalized spacial score (nSPS) is 10.7. The number of fused-ring (bicyclic) bond motifs is 1. The molecule has 0 spiro atoms. The van der Waals surface area contributed by atoms with Gasteiger partial charge in [0, 0.05) is 21.0 Å². The Kier molecular flexibility index (Phi) is 2.38. The Hall–Kier alpha value is -1.15. The summed E-state index contributed by atoms with van der Waals surface area (Å²) in [6.07, 6.45) is 1.99. The highest BCUT2D eigenvalue weighted by Gasteiger charge is 2.05. The molecule has 0 saturated heterocycles. The second-order valence-electron chi connectivity index (χ2n) is 3.44. The molecule has 0 aliphatic heterocycles. The number of carbonyl (C=O) groups excluding carboxylic acids is 1. The number of aryl methyl sites for hydroxylation is 2. The third-order valence-electron chi connectivity index (χ3n) is 2.57. The first-order valence-electron chi connectivity index (χ1n) is 4.72. The summed E-state index contributed by atoms with van der Waals surface area (Å²) in [6.45, 7) is 4.26. The van der Waals surface area contributed by atoms with E-state index in [0.717, 1.165) is 23.7 Å². The summed E-state index contributed by atoms with van der Waals surface area (Å²) < 4.78 is 1.22. The van der Waals surface area contributed by atoms with Gasteiger partial charge in [-0.3, -0.25) is 4.79 Å². The van der Waals surface area contributed by atoms with E-state index in [2.05, 4.69) is 26.0 Å². The fraction of sp³-hybridized carbons (Fsp3) is 0.250. The third kappa shape index (κ3) is 1.36. The number of thiophene rings is 1. The minimum atomic E-state index is 0.816. The summed E-state index contributed by atoms with van der Waals surface area (Å²) in [6, 6.07) is 4.32. The molecular weight excluding hydrogens is 192 g/mol. The lowest BCUT2D eigenvalue weighted by atomic mass is 10.0. The molecule has 2 aromatic rings. The average Bonchev–Trinajstić information content (AvgIpc) is 2.58. The van der Waals surface area contributed by atoms with E-state index in [-0.39, 0.29) is 0 Å². The highest BCUT2D eigenvalue weighted by molar-refractivity contribution is 7.17. The van der Waals surface area contributed by atoms with Crippen molar-refractivity contribution in [2.45, 2.75) is 20.3 Å². The van der Waals surface area contributed by atoms with Crippen LogP contribution in [0.1, 0.15) is 28.4 Å². The first-order valence-corrected chi connectivity index (χ1v) is 5.60. The van der Waals surface area contributed by atoms with Crippen LogP contribution in [0, 0.1) is 6.92 Å². The van der Waals surface area contributed by atoms with Crippen LogP contribution in [-0.4, -0.2) is 6.29 Å². The van der Waals surface area contributed by atoms with Crippen LogP contribution >= 0.6 is 11.3 Å². The van der Waals surface area contributed by atoms with Crippen molar-refractivity contribution in [3.05, 3.63) is 34.2 Å². The maximum absolute atomic E-state index is 10.8. The van der Waals surface area contributed by atoms with Crippen molar-refractivity contribution in [1.82, 2.24) is 0 Å². The van der Waals surface area contributed by atoms with Crippen molar-refractivity contribution in [3.63, 3.8) is 0 Å². The molecule has 0 fully saturated rings. The molecular formula is C12H12OS. The minimum Gasteiger partial charge on any atom is -0.298 e. The van der Waals surface area contributed by atoms with E-state index in [9.17, 15) is 4.79 Å². The molecule has 14 heavy (non-hydrogen) atoms. The van der Waals surface area contributed by atoms with E-state index in [4.69, 9.17) is 0 Å². The van der Waals surface area contributed by atoms with Crippen LogP contribution in [0.4, 0.5) is 0 Å². The van der Waals surface area contributed by atoms with Gasteiger partial charge in [0.05, 0.1) is 0 Å². The van der Waals surface area contributed by atoms with Crippen LogP contribution in [0.5, 0.6) is 0 Å². The molecule has 0 amide bonds. The van der Waals surface area contributed by atoms with E-state index in [1.807, 2.05) is 5.38 Å². The first kappa shape index (κ1) is 9.41. The molecule has 72 valence electrons. The number of rotatable bonds is 2. The largest absolute Gasteiger partial charge is 0.298 e. The van der Waals surface area contributed by atoms with Crippen molar-refractivity contribution >= 4 is 27.7 Å². The van der Waals surface area contributed by atoms with Crippen LogP contribution in [0.2, 0.25) is 0 Å². The molecule has 2 heteroatoms. The van der Waals surface area contributed by atoms with Crippen molar-refractivity contribution in [3.8, 4) is 0 Å². The molecule has 1 aromatic heterocycles.